The lowest BCUT2D eigenvalue weighted by atomic mass is 9.51. The second-order valence-electron chi connectivity index (χ2n) is 9.14. The van der Waals surface area contributed by atoms with Crippen molar-refractivity contribution in [2.24, 2.45) is 28.6 Å². The van der Waals surface area contributed by atoms with Crippen LogP contribution < -0.4 is 0 Å². The van der Waals surface area contributed by atoms with E-state index in [9.17, 15) is 14.7 Å². The van der Waals surface area contributed by atoms with Crippen LogP contribution >= 0.6 is 0 Å². The van der Waals surface area contributed by atoms with E-state index < -0.39 is 11.4 Å². The molecule has 1 saturated carbocycles. The molecule has 0 aliphatic heterocycles. The van der Waals surface area contributed by atoms with Crippen molar-refractivity contribution in [3.05, 3.63) is 11.6 Å². The third kappa shape index (κ3) is 4.15. The Kier molecular flexibility index (Phi) is 6.57. The van der Waals surface area contributed by atoms with Crippen molar-refractivity contribution in [1.29, 1.82) is 0 Å². The van der Waals surface area contributed by atoms with Crippen LogP contribution in [0.25, 0.3) is 0 Å². The Bertz CT molecular complexity index is 566. The lowest BCUT2D eigenvalue weighted by molar-refractivity contribution is -0.153. The number of hydrogen-bond donors (Lipinski definition) is 1. The van der Waals surface area contributed by atoms with E-state index in [1.54, 1.807) is 0 Å². The molecule has 0 amide bonds. The fourth-order valence-electron chi connectivity index (χ4n) is 5.05. The third-order valence-electron chi connectivity index (χ3n) is 7.37. The molecule has 0 aromatic rings. The van der Waals surface area contributed by atoms with E-state index in [0.717, 1.165) is 44.9 Å². The van der Waals surface area contributed by atoms with Crippen molar-refractivity contribution >= 4 is 11.9 Å². The number of esters is 1. The maximum atomic E-state index is 12.0. The molecular formula is C22H36O4. The second-order valence-corrected chi connectivity index (χ2v) is 9.14. The molecule has 1 fully saturated rings. The number of carboxylic acids is 1. The van der Waals surface area contributed by atoms with E-state index >= 15 is 0 Å². The molecule has 0 spiro atoms. The number of fused-ring (bicyclic) bond motifs is 1. The average Bonchev–Trinajstić information content (AvgIpc) is 2.56. The molecule has 5 atom stereocenters. The van der Waals surface area contributed by atoms with E-state index in [2.05, 4.69) is 26.8 Å². The van der Waals surface area contributed by atoms with Gasteiger partial charge in [0.2, 0.25) is 0 Å². The fourth-order valence-corrected chi connectivity index (χ4v) is 5.05. The van der Waals surface area contributed by atoms with E-state index in [0.29, 0.717) is 18.4 Å². The van der Waals surface area contributed by atoms with Gasteiger partial charge in [-0.05, 0) is 75.0 Å². The number of allylic oxidation sites excluding steroid dienone is 2. The van der Waals surface area contributed by atoms with Crippen LogP contribution in [-0.4, -0.2) is 23.7 Å². The molecule has 0 aromatic carbocycles. The van der Waals surface area contributed by atoms with Crippen molar-refractivity contribution in [2.75, 3.05) is 6.61 Å². The molecule has 2 aliphatic carbocycles. The van der Waals surface area contributed by atoms with Crippen LogP contribution in [0.5, 0.6) is 0 Å². The standard InChI is InChI=1S/C22H36O4/c1-15(11-14-26-17(3)23)10-13-21(4)16(2)8-9-19-18(21)7-6-12-22(19,5)20(24)25/h7,15-16,19H,6,8-14H2,1-5H3,(H,24,25)/t15-,16-,19+,21+,22+/m1/s1. The SMILES string of the molecule is CC(=O)OCC[C@H](C)CC[C@]1(C)C2=CCC[C@](C)(C(=O)O)[C@H]2CC[C@H]1C. The summed E-state index contributed by atoms with van der Waals surface area (Å²) in [4.78, 5) is 22.9. The topological polar surface area (TPSA) is 63.6 Å². The Morgan fingerprint density at radius 3 is 2.62 bits per heavy atom. The fraction of sp³-hybridized carbons (Fsp3) is 0.818. The summed E-state index contributed by atoms with van der Waals surface area (Å²) in [5.41, 5.74) is 0.863. The lowest BCUT2D eigenvalue weighted by Crippen LogP contribution is -2.47. The monoisotopic (exact) mass is 364 g/mol. The Morgan fingerprint density at radius 1 is 1.31 bits per heavy atom. The van der Waals surface area contributed by atoms with Gasteiger partial charge in [0.1, 0.15) is 0 Å². The summed E-state index contributed by atoms with van der Waals surface area (Å²) in [7, 11) is 0. The maximum Gasteiger partial charge on any atom is 0.309 e. The quantitative estimate of drug-likeness (QED) is 0.497. The summed E-state index contributed by atoms with van der Waals surface area (Å²) >= 11 is 0. The van der Waals surface area contributed by atoms with Crippen LogP contribution in [-0.2, 0) is 14.3 Å². The minimum Gasteiger partial charge on any atom is -0.481 e. The van der Waals surface area contributed by atoms with Gasteiger partial charge in [0, 0.05) is 6.92 Å². The molecule has 0 heterocycles. The number of rotatable bonds is 7. The lowest BCUT2D eigenvalue weighted by Gasteiger charge is -2.52. The molecule has 0 radical (unpaired) electrons. The predicted molar refractivity (Wildman–Crippen MR) is 103 cm³/mol. The van der Waals surface area contributed by atoms with E-state index in [1.165, 1.54) is 12.5 Å². The Hall–Kier alpha value is -1.32. The minimum absolute atomic E-state index is 0.0791. The average molecular weight is 365 g/mol. The first-order valence-corrected chi connectivity index (χ1v) is 10.2. The van der Waals surface area contributed by atoms with Crippen LogP contribution in [0, 0.1) is 28.6 Å². The summed E-state index contributed by atoms with van der Waals surface area (Å²) in [5, 5.41) is 9.86. The van der Waals surface area contributed by atoms with E-state index in [-0.39, 0.29) is 17.3 Å². The Labute approximate surface area is 158 Å². The number of aliphatic carboxylic acids is 1. The first-order chi connectivity index (χ1) is 12.1. The Balaban J connectivity index is 2.09. The molecule has 26 heavy (non-hydrogen) atoms. The van der Waals surface area contributed by atoms with Crippen molar-refractivity contribution in [1.82, 2.24) is 0 Å². The van der Waals surface area contributed by atoms with Gasteiger partial charge in [-0.15, -0.1) is 0 Å². The summed E-state index contributed by atoms with van der Waals surface area (Å²) in [6.07, 6.45) is 9.12. The highest BCUT2D eigenvalue weighted by molar-refractivity contribution is 5.75. The van der Waals surface area contributed by atoms with Crippen LogP contribution in [0.1, 0.15) is 79.6 Å². The van der Waals surface area contributed by atoms with Gasteiger partial charge in [-0.25, -0.2) is 0 Å². The van der Waals surface area contributed by atoms with Crippen molar-refractivity contribution in [3.63, 3.8) is 0 Å². The number of ether oxygens (including phenoxy) is 1. The molecule has 4 nitrogen and oxygen atoms in total. The third-order valence-corrected chi connectivity index (χ3v) is 7.37. The first-order valence-electron chi connectivity index (χ1n) is 10.2. The molecule has 0 saturated heterocycles. The first kappa shape index (κ1) is 21.0. The van der Waals surface area contributed by atoms with Crippen molar-refractivity contribution in [2.45, 2.75) is 79.6 Å². The summed E-state index contributed by atoms with van der Waals surface area (Å²) in [6, 6.07) is 0. The molecular weight excluding hydrogens is 328 g/mol. The summed E-state index contributed by atoms with van der Waals surface area (Å²) in [5.74, 6) is 0.384. The molecule has 4 heteroatoms. The van der Waals surface area contributed by atoms with Crippen molar-refractivity contribution < 1.29 is 19.4 Å². The number of carbonyl (C=O) groups excluding carboxylic acids is 1. The molecule has 2 aliphatic rings. The van der Waals surface area contributed by atoms with Gasteiger partial charge in [-0.3, -0.25) is 9.59 Å². The Morgan fingerprint density at radius 2 is 2.00 bits per heavy atom. The van der Waals surface area contributed by atoms with E-state index in [4.69, 9.17) is 4.74 Å². The number of carboxylic acid groups (broad SMARTS) is 1. The van der Waals surface area contributed by atoms with Gasteiger partial charge in [0.15, 0.2) is 0 Å². The van der Waals surface area contributed by atoms with Crippen LogP contribution in [0.3, 0.4) is 0 Å². The summed E-state index contributed by atoms with van der Waals surface area (Å²) in [6.45, 7) is 10.8. The van der Waals surface area contributed by atoms with Gasteiger partial charge in [-0.2, -0.15) is 0 Å². The smallest absolute Gasteiger partial charge is 0.309 e. The molecule has 1 N–H and O–H groups in total. The molecule has 148 valence electrons. The number of carbonyl (C=O) groups is 2. The molecule has 0 unspecified atom stereocenters. The zero-order valence-electron chi connectivity index (χ0n) is 17.1. The van der Waals surface area contributed by atoms with Crippen LogP contribution in [0.4, 0.5) is 0 Å². The van der Waals surface area contributed by atoms with Gasteiger partial charge >= 0.3 is 11.9 Å². The highest BCUT2D eigenvalue weighted by atomic mass is 16.5. The van der Waals surface area contributed by atoms with E-state index in [1.807, 2.05) is 6.92 Å². The van der Waals surface area contributed by atoms with Crippen LogP contribution in [0.15, 0.2) is 11.6 Å². The molecule has 0 bridgehead atoms. The summed E-state index contributed by atoms with van der Waals surface area (Å²) < 4.78 is 5.07. The second kappa shape index (κ2) is 8.14. The normalized spacial score (nSPS) is 35.2. The zero-order valence-corrected chi connectivity index (χ0v) is 17.1. The zero-order chi connectivity index (χ0) is 19.5. The molecule has 2 rings (SSSR count). The highest BCUT2D eigenvalue weighted by Crippen LogP contribution is 2.58. The van der Waals surface area contributed by atoms with Gasteiger partial charge < -0.3 is 9.84 Å². The van der Waals surface area contributed by atoms with Crippen molar-refractivity contribution in [3.8, 4) is 0 Å². The molecule has 0 aromatic heterocycles. The van der Waals surface area contributed by atoms with Gasteiger partial charge in [0.25, 0.3) is 0 Å². The van der Waals surface area contributed by atoms with Crippen LogP contribution in [0.2, 0.25) is 0 Å². The van der Waals surface area contributed by atoms with Gasteiger partial charge in [-0.1, -0.05) is 32.4 Å². The number of hydrogen-bond acceptors (Lipinski definition) is 3. The predicted octanol–water partition coefficient (Wildman–Crippen LogP) is 5.22. The highest BCUT2D eigenvalue weighted by Gasteiger charge is 2.52. The van der Waals surface area contributed by atoms with Gasteiger partial charge in [0.05, 0.1) is 12.0 Å². The maximum absolute atomic E-state index is 12.0. The minimum atomic E-state index is -0.639. The largest absolute Gasteiger partial charge is 0.481 e.